The third kappa shape index (κ3) is 2.47. The molecule has 0 saturated heterocycles. The molecule has 1 atom stereocenters. The lowest BCUT2D eigenvalue weighted by Crippen LogP contribution is -2.38. The van der Waals surface area contributed by atoms with Gasteiger partial charge in [0.2, 0.25) is 0 Å². The zero-order chi connectivity index (χ0) is 16.6. The number of ketones is 1. The van der Waals surface area contributed by atoms with E-state index in [4.69, 9.17) is 4.74 Å². The lowest BCUT2D eigenvalue weighted by atomic mass is 9.72. The summed E-state index contributed by atoms with van der Waals surface area (Å²) in [4.78, 5) is 13.1. The Labute approximate surface area is 143 Å². The summed E-state index contributed by atoms with van der Waals surface area (Å²) >= 11 is 0. The van der Waals surface area contributed by atoms with Gasteiger partial charge in [0.15, 0.2) is 5.78 Å². The van der Waals surface area contributed by atoms with Crippen LogP contribution < -0.4 is 0 Å². The highest BCUT2D eigenvalue weighted by Crippen LogP contribution is 2.54. The lowest BCUT2D eigenvalue weighted by molar-refractivity contribution is -0.132. The molecule has 2 aromatic carbocycles. The molecule has 2 heteroatoms. The predicted molar refractivity (Wildman–Crippen MR) is 95.3 cm³/mol. The third-order valence-electron chi connectivity index (χ3n) is 5.40. The molecule has 24 heavy (non-hydrogen) atoms. The largest absolute Gasteiger partial charge is 0.484 e. The van der Waals surface area contributed by atoms with Crippen LogP contribution in [0.1, 0.15) is 48.5 Å². The lowest BCUT2D eigenvalue weighted by Gasteiger charge is -2.40. The van der Waals surface area contributed by atoms with Crippen LogP contribution in [-0.2, 0) is 9.53 Å². The molecule has 1 saturated carbocycles. The van der Waals surface area contributed by atoms with Gasteiger partial charge in [0, 0.05) is 11.6 Å². The van der Waals surface area contributed by atoms with E-state index in [2.05, 4.69) is 31.2 Å². The highest BCUT2D eigenvalue weighted by atomic mass is 16.5. The smallest absolute Gasteiger partial charge is 0.169 e. The molecule has 0 aromatic heterocycles. The van der Waals surface area contributed by atoms with Crippen molar-refractivity contribution in [2.45, 2.75) is 38.7 Å². The zero-order valence-corrected chi connectivity index (χ0v) is 14.0. The maximum absolute atomic E-state index is 13.1. The number of carbonyl (C=O) groups is 1. The molecule has 1 heterocycles. The maximum Gasteiger partial charge on any atom is 0.169 e. The van der Waals surface area contributed by atoms with Gasteiger partial charge in [-0.15, -0.1) is 0 Å². The number of rotatable bonds is 2. The van der Waals surface area contributed by atoms with Crippen LogP contribution in [0.5, 0.6) is 0 Å². The molecule has 1 fully saturated rings. The van der Waals surface area contributed by atoms with Crippen LogP contribution >= 0.6 is 0 Å². The van der Waals surface area contributed by atoms with Gasteiger partial charge in [-0.2, -0.15) is 0 Å². The van der Waals surface area contributed by atoms with Crippen molar-refractivity contribution in [3.63, 3.8) is 0 Å². The molecule has 2 aromatic rings. The number of benzene rings is 2. The minimum atomic E-state index is -0.383. The summed E-state index contributed by atoms with van der Waals surface area (Å²) < 4.78 is 6.46. The van der Waals surface area contributed by atoms with Crippen molar-refractivity contribution in [2.24, 2.45) is 5.41 Å². The van der Waals surface area contributed by atoms with Gasteiger partial charge in [0.05, 0.1) is 5.41 Å². The number of hydrogen-bond donors (Lipinski definition) is 0. The van der Waals surface area contributed by atoms with E-state index in [-0.39, 0.29) is 17.3 Å². The van der Waals surface area contributed by atoms with Crippen molar-refractivity contribution in [3.8, 4) is 0 Å². The molecule has 2 aliphatic rings. The number of carbonyl (C=O) groups excluding carboxylic acids is 1. The molecule has 1 aliphatic heterocycles. The van der Waals surface area contributed by atoms with E-state index in [1.165, 1.54) is 5.56 Å². The molecule has 0 N–H and O–H groups in total. The molecule has 1 aliphatic carbocycles. The topological polar surface area (TPSA) is 26.3 Å². The Morgan fingerprint density at radius 3 is 2.46 bits per heavy atom. The summed E-state index contributed by atoms with van der Waals surface area (Å²) in [5, 5.41) is 0. The van der Waals surface area contributed by atoms with Gasteiger partial charge in [0.1, 0.15) is 11.9 Å². The SMILES string of the molecule is Cc1cccc(C2OC(c3ccccc3)=CC(=O)C23CCCC3)c1. The van der Waals surface area contributed by atoms with Crippen LogP contribution in [0.3, 0.4) is 0 Å². The Hall–Kier alpha value is -2.35. The van der Waals surface area contributed by atoms with Crippen LogP contribution in [0.15, 0.2) is 60.7 Å². The molecule has 0 radical (unpaired) electrons. The van der Waals surface area contributed by atoms with Crippen molar-refractivity contribution < 1.29 is 9.53 Å². The normalized spacial score (nSPS) is 22.3. The second-order valence-corrected chi connectivity index (χ2v) is 7.01. The number of aryl methyl sites for hydroxylation is 1. The van der Waals surface area contributed by atoms with Crippen LogP contribution in [0.2, 0.25) is 0 Å². The van der Waals surface area contributed by atoms with Crippen molar-refractivity contribution in [2.75, 3.05) is 0 Å². The summed E-state index contributed by atoms with van der Waals surface area (Å²) in [5.41, 5.74) is 2.90. The number of ether oxygens (including phenoxy) is 1. The number of allylic oxidation sites excluding steroid dienone is 1. The van der Waals surface area contributed by atoms with Crippen molar-refractivity contribution in [3.05, 3.63) is 77.4 Å². The van der Waals surface area contributed by atoms with Crippen LogP contribution in [0.25, 0.3) is 5.76 Å². The van der Waals surface area contributed by atoms with E-state index >= 15 is 0 Å². The summed E-state index contributed by atoms with van der Waals surface area (Å²) in [7, 11) is 0. The highest BCUT2D eigenvalue weighted by Gasteiger charge is 2.51. The van der Waals surface area contributed by atoms with Gasteiger partial charge in [-0.1, -0.05) is 73.0 Å². The van der Waals surface area contributed by atoms with Gasteiger partial charge in [-0.3, -0.25) is 4.79 Å². The second kappa shape index (κ2) is 5.94. The van der Waals surface area contributed by atoms with E-state index in [1.54, 1.807) is 6.08 Å². The molecular formula is C22H22O2. The molecule has 1 spiro atoms. The van der Waals surface area contributed by atoms with Gasteiger partial charge >= 0.3 is 0 Å². The van der Waals surface area contributed by atoms with Crippen molar-refractivity contribution in [1.29, 1.82) is 0 Å². The first-order valence-corrected chi connectivity index (χ1v) is 8.74. The fourth-order valence-corrected chi connectivity index (χ4v) is 4.15. The first-order valence-electron chi connectivity index (χ1n) is 8.74. The van der Waals surface area contributed by atoms with Gasteiger partial charge in [-0.05, 0) is 25.3 Å². The van der Waals surface area contributed by atoms with E-state index in [1.807, 2.05) is 30.3 Å². The van der Waals surface area contributed by atoms with Gasteiger partial charge in [0.25, 0.3) is 0 Å². The minimum absolute atomic E-state index is 0.187. The molecule has 122 valence electrons. The van der Waals surface area contributed by atoms with Gasteiger partial charge < -0.3 is 4.74 Å². The fraction of sp³-hybridized carbons (Fsp3) is 0.318. The minimum Gasteiger partial charge on any atom is -0.484 e. The quantitative estimate of drug-likeness (QED) is 0.757. The Morgan fingerprint density at radius 2 is 1.75 bits per heavy atom. The van der Waals surface area contributed by atoms with Crippen molar-refractivity contribution >= 4 is 11.5 Å². The summed E-state index contributed by atoms with van der Waals surface area (Å²) in [6.07, 6.45) is 5.59. The molecule has 1 unspecified atom stereocenters. The van der Waals surface area contributed by atoms with E-state index < -0.39 is 0 Å². The first-order chi connectivity index (χ1) is 11.7. The molecule has 4 rings (SSSR count). The fourth-order valence-electron chi connectivity index (χ4n) is 4.15. The highest BCUT2D eigenvalue weighted by molar-refractivity contribution is 6.01. The Kier molecular flexibility index (Phi) is 3.76. The Morgan fingerprint density at radius 1 is 1.00 bits per heavy atom. The number of hydrogen-bond acceptors (Lipinski definition) is 2. The average Bonchev–Trinajstić information content (AvgIpc) is 3.09. The molecule has 0 amide bonds. The third-order valence-corrected chi connectivity index (χ3v) is 5.40. The molecule has 0 bridgehead atoms. The van der Waals surface area contributed by atoms with Crippen LogP contribution in [-0.4, -0.2) is 5.78 Å². The average molecular weight is 318 g/mol. The Balaban J connectivity index is 1.80. The monoisotopic (exact) mass is 318 g/mol. The van der Waals surface area contributed by atoms with Crippen LogP contribution in [0.4, 0.5) is 0 Å². The van der Waals surface area contributed by atoms with Crippen LogP contribution in [0, 0.1) is 12.3 Å². The summed E-state index contributed by atoms with van der Waals surface area (Å²) in [5.74, 6) is 0.932. The van der Waals surface area contributed by atoms with Crippen molar-refractivity contribution in [1.82, 2.24) is 0 Å². The van der Waals surface area contributed by atoms with E-state index in [0.717, 1.165) is 36.8 Å². The predicted octanol–water partition coefficient (Wildman–Crippen LogP) is 5.24. The second-order valence-electron chi connectivity index (χ2n) is 7.01. The molecule has 2 nitrogen and oxygen atoms in total. The van der Waals surface area contributed by atoms with E-state index in [9.17, 15) is 4.79 Å². The standard InChI is InChI=1S/C22H22O2/c1-16-8-7-11-18(14-16)21-22(12-5-6-13-22)20(23)15-19(24-21)17-9-3-2-4-10-17/h2-4,7-11,14-15,21H,5-6,12-13H2,1H3. The summed E-state index contributed by atoms with van der Waals surface area (Å²) in [6, 6.07) is 18.3. The molecular weight excluding hydrogens is 296 g/mol. The van der Waals surface area contributed by atoms with E-state index in [0.29, 0.717) is 5.76 Å². The Bertz CT molecular complexity index is 783. The maximum atomic E-state index is 13.1. The zero-order valence-electron chi connectivity index (χ0n) is 14.0. The summed E-state index contributed by atoms with van der Waals surface area (Å²) in [6.45, 7) is 2.09. The first kappa shape index (κ1) is 15.2. The van der Waals surface area contributed by atoms with Gasteiger partial charge in [-0.25, -0.2) is 0 Å².